The largest absolute Gasteiger partial charge is 0.496 e. The van der Waals surface area contributed by atoms with Gasteiger partial charge in [0.2, 0.25) is 5.88 Å². The third-order valence-electron chi connectivity index (χ3n) is 4.23. The molecule has 1 N–H and O–H groups in total. The molecule has 0 bridgehead atoms. The summed E-state index contributed by atoms with van der Waals surface area (Å²) in [6, 6.07) is 3.93. The number of nitrogens with one attached hydrogen (secondary N) is 1. The van der Waals surface area contributed by atoms with Crippen LogP contribution in [0.2, 0.25) is 0 Å². The SMILES string of the molecule is COc1cc2nc(C)c(OCC3CCNCC3)nc2cc1C. The Morgan fingerprint density at radius 1 is 1.14 bits per heavy atom. The van der Waals surface area contributed by atoms with Crippen molar-refractivity contribution in [2.75, 3.05) is 26.8 Å². The number of hydrogen-bond donors (Lipinski definition) is 1. The standard InChI is InChI=1S/C17H23N3O2/c1-11-8-14-15(9-16(11)21-3)19-12(2)17(20-14)22-10-13-4-6-18-7-5-13/h8-9,13,18H,4-7,10H2,1-3H3. The fraction of sp³-hybridized carbons (Fsp3) is 0.529. The zero-order valence-corrected chi connectivity index (χ0v) is 13.5. The molecule has 0 unspecified atom stereocenters. The lowest BCUT2D eigenvalue weighted by Gasteiger charge is -2.22. The van der Waals surface area contributed by atoms with E-state index in [0.29, 0.717) is 11.8 Å². The Morgan fingerprint density at radius 3 is 2.59 bits per heavy atom. The van der Waals surface area contributed by atoms with E-state index in [0.717, 1.165) is 60.6 Å². The molecule has 0 atom stereocenters. The van der Waals surface area contributed by atoms with Gasteiger partial charge in [-0.05, 0) is 57.3 Å². The third kappa shape index (κ3) is 3.14. The van der Waals surface area contributed by atoms with Gasteiger partial charge in [-0.25, -0.2) is 9.97 Å². The second-order valence-electron chi connectivity index (χ2n) is 5.93. The van der Waals surface area contributed by atoms with E-state index in [1.807, 2.05) is 26.0 Å². The molecular weight excluding hydrogens is 278 g/mol. The fourth-order valence-corrected chi connectivity index (χ4v) is 2.86. The Morgan fingerprint density at radius 2 is 1.86 bits per heavy atom. The highest BCUT2D eigenvalue weighted by molar-refractivity contribution is 5.78. The van der Waals surface area contributed by atoms with E-state index in [9.17, 15) is 0 Å². The molecule has 0 spiro atoms. The Kier molecular flexibility index (Phi) is 4.43. The molecule has 0 amide bonds. The van der Waals surface area contributed by atoms with Crippen LogP contribution in [0.3, 0.4) is 0 Å². The summed E-state index contributed by atoms with van der Waals surface area (Å²) in [5.74, 6) is 2.09. The van der Waals surface area contributed by atoms with Crippen molar-refractivity contribution in [3.8, 4) is 11.6 Å². The van der Waals surface area contributed by atoms with Crippen molar-refractivity contribution in [3.05, 3.63) is 23.4 Å². The summed E-state index contributed by atoms with van der Waals surface area (Å²) in [5.41, 5.74) is 3.57. The van der Waals surface area contributed by atoms with Crippen LogP contribution in [0, 0.1) is 19.8 Å². The van der Waals surface area contributed by atoms with Crippen LogP contribution in [0.4, 0.5) is 0 Å². The van der Waals surface area contributed by atoms with Gasteiger partial charge in [-0.1, -0.05) is 0 Å². The predicted octanol–water partition coefficient (Wildman–Crippen LogP) is 2.63. The zero-order valence-electron chi connectivity index (χ0n) is 13.5. The van der Waals surface area contributed by atoms with E-state index in [1.54, 1.807) is 7.11 Å². The molecule has 0 radical (unpaired) electrons. The van der Waals surface area contributed by atoms with Crippen molar-refractivity contribution < 1.29 is 9.47 Å². The summed E-state index contributed by atoms with van der Waals surface area (Å²) in [6.07, 6.45) is 2.33. The summed E-state index contributed by atoms with van der Waals surface area (Å²) in [5, 5.41) is 3.37. The number of benzene rings is 1. The minimum atomic E-state index is 0.607. The molecule has 1 aliphatic heterocycles. The van der Waals surface area contributed by atoms with Gasteiger partial charge in [0.15, 0.2) is 0 Å². The number of ether oxygens (including phenoxy) is 2. The second-order valence-corrected chi connectivity index (χ2v) is 5.93. The number of piperidine rings is 1. The monoisotopic (exact) mass is 301 g/mol. The van der Waals surface area contributed by atoms with Crippen LogP contribution in [-0.2, 0) is 0 Å². The second kappa shape index (κ2) is 6.48. The van der Waals surface area contributed by atoms with Crippen LogP contribution >= 0.6 is 0 Å². The number of nitrogens with zero attached hydrogens (tertiary/aromatic N) is 2. The quantitative estimate of drug-likeness (QED) is 0.941. The maximum atomic E-state index is 5.95. The first-order valence-corrected chi connectivity index (χ1v) is 7.84. The van der Waals surface area contributed by atoms with Crippen LogP contribution in [0.15, 0.2) is 12.1 Å². The number of aryl methyl sites for hydroxylation is 2. The smallest absolute Gasteiger partial charge is 0.235 e. The summed E-state index contributed by atoms with van der Waals surface area (Å²) in [7, 11) is 1.67. The van der Waals surface area contributed by atoms with Gasteiger partial charge in [0.1, 0.15) is 11.4 Å². The predicted molar refractivity (Wildman–Crippen MR) is 86.7 cm³/mol. The molecule has 0 aliphatic carbocycles. The minimum Gasteiger partial charge on any atom is -0.496 e. The van der Waals surface area contributed by atoms with Crippen LogP contribution in [-0.4, -0.2) is 36.8 Å². The number of aromatic nitrogens is 2. The summed E-state index contributed by atoms with van der Waals surface area (Å²) in [4.78, 5) is 9.25. The number of methoxy groups -OCH3 is 1. The first-order chi connectivity index (χ1) is 10.7. The van der Waals surface area contributed by atoms with Crippen molar-refractivity contribution in [3.63, 3.8) is 0 Å². The van der Waals surface area contributed by atoms with Crippen LogP contribution in [0.1, 0.15) is 24.1 Å². The molecule has 5 nitrogen and oxygen atoms in total. The minimum absolute atomic E-state index is 0.607. The van der Waals surface area contributed by atoms with E-state index in [4.69, 9.17) is 9.47 Å². The highest BCUT2D eigenvalue weighted by Gasteiger charge is 2.15. The molecule has 1 saturated heterocycles. The normalized spacial score (nSPS) is 16.0. The van der Waals surface area contributed by atoms with Gasteiger partial charge in [-0.3, -0.25) is 0 Å². The van der Waals surface area contributed by atoms with Crippen LogP contribution in [0.5, 0.6) is 11.6 Å². The van der Waals surface area contributed by atoms with Crippen LogP contribution in [0.25, 0.3) is 11.0 Å². The lowest BCUT2D eigenvalue weighted by atomic mass is 9.99. The van der Waals surface area contributed by atoms with Crippen molar-refractivity contribution in [1.29, 1.82) is 0 Å². The Balaban J connectivity index is 1.82. The zero-order chi connectivity index (χ0) is 15.5. The highest BCUT2D eigenvalue weighted by Crippen LogP contribution is 2.26. The number of rotatable bonds is 4. The van der Waals surface area contributed by atoms with Crippen molar-refractivity contribution >= 4 is 11.0 Å². The molecule has 1 aliphatic rings. The van der Waals surface area contributed by atoms with Crippen molar-refractivity contribution in [1.82, 2.24) is 15.3 Å². The van der Waals surface area contributed by atoms with Gasteiger partial charge in [0.05, 0.1) is 24.8 Å². The first kappa shape index (κ1) is 15.0. The van der Waals surface area contributed by atoms with E-state index in [-0.39, 0.29) is 0 Å². The molecule has 118 valence electrons. The topological polar surface area (TPSA) is 56.3 Å². The van der Waals surface area contributed by atoms with Gasteiger partial charge in [0.25, 0.3) is 0 Å². The van der Waals surface area contributed by atoms with Crippen molar-refractivity contribution in [2.45, 2.75) is 26.7 Å². The molecule has 2 heterocycles. The average molecular weight is 301 g/mol. The van der Waals surface area contributed by atoms with E-state index in [2.05, 4.69) is 15.3 Å². The molecule has 22 heavy (non-hydrogen) atoms. The lowest BCUT2D eigenvalue weighted by molar-refractivity contribution is 0.207. The molecule has 2 aromatic rings. The average Bonchev–Trinajstić information content (AvgIpc) is 2.54. The Hall–Kier alpha value is -1.88. The van der Waals surface area contributed by atoms with Gasteiger partial charge in [0, 0.05) is 6.07 Å². The maximum absolute atomic E-state index is 5.95. The molecule has 1 aromatic heterocycles. The molecule has 5 heteroatoms. The van der Waals surface area contributed by atoms with Crippen molar-refractivity contribution in [2.24, 2.45) is 5.92 Å². The summed E-state index contributed by atoms with van der Waals surface area (Å²) in [6.45, 7) is 6.83. The fourth-order valence-electron chi connectivity index (χ4n) is 2.86. The summed E-state index contributed by atoms with van der Waals surface area (Å²) >= 11 is 0. The molecular formula is C17H23N3O2. The van der Waals surface area contributed by atoms with E-state index in [1.165, 1.54) is 0 Å². The molecule has 3 rings (SSSR count). The Bertz CT molecular complexity index is 666. The van der Waals surface area contributed by atoms with E-state index >= 15 is 0 Å². The van der Waals surface area contributed by atoms with Gasteiger partial charge >= 0.3 is 0 Å². The van der Waals surface area contributed by atoms with Gasteiger partial charge in [-0.15, -0.1) is 0 Å². The van der Waals surface area contributed by atoms with Gasteiger partial charge in [-0.2, -0.15) is 0 Å². The van der Waals surface area contributed by atoms with Crippen LogP contribution < -0.4 is 14.8 Å². The molecule has 1 aromatic carbocycles. The molecule has 1 fully saturated rings. The highest BCUT2D eigenvalue weighted by atomic mass is 16.5. The lowest BCUT2D eigenvalue weighted by Crippen LogP contribution is -2.30. The number of hydrogen-bond acceptors (Lipinski definition) is 5. The first-order valence-electron chi connectivity index (χ1n) is 7.84. The Labute approximate surface area is 131 Å². The molecule has 0 saturated carbocycles. The third-order valence-corrected chi connectivity index (χ3v) is 4.23. The maximum Gasteiger partial charge on any atom is 0.235 e. The summed E-state index contributed by atoms with van der Waals surface area (Å²) < 4.78 is 11.3. The van der Waals surface area contributed by atoms with E-state index < -0.39 is 0 Å². The number of fused-ring (bicyclic) bond motifs is 1. The van der Waals surface area contributed by atoms with Gasteiger partial charge < -0.3 is 14.8 Å².